The molecule has 0 bridgehead atoms. The molecule has 0 radical (unpaired) electrons. The Hall–Kier alpha value is -0.880. The number of carbonyl (C=O) groups excluding carboxylic acids is 1. The smallest absolute Gasteiger partial charge is 0.251 e. The molecule has 1 aliphatic rings. The summed E-state index contributed by atoms with van der Waals surface area (Å²) in [5.41, 5.74) is 3.47. The van der Waals surface area contributed by atoms with Gasteiger partial charge in [0.25, 0.3) is 5.91 Å². The van der Waals surface area contributed by atoms with Crippen LogP contribution < -0.4 is 10.6 Å². The van der Waals surface area contributed by atoms with Gasteiger partial charge in [-0.25, -0.2) is 4.98 Å². The highest BCUT2D eigenvalue weighted by Crippen LogP contribution is 2.19. The average Bonchev–Trinajstić information content (AvgIpc) is 2.97. The number of hydrogen-bond acceptors (Lipinski definition) is 4. The lowest BCUT2D eigenvalue weighted by Crippen LogP contribution is -2.36. The molecular weight excluding hydrogens is 305 g/mol. The number of hydrogen-bond donors (Lipinski definition) is 2. The Kier molecular flexibility index (Phi) is 6.00. The zero-order valence-corrected chi connectivity index (χ0v) is 12.5. The molecule has 19 heavy (non-hydrogen) atoms. The van der Waals surface area contributed by atoms with Crippen molar-refractivity contribution in [3.05, 3.63) is 29.3 Å². The molecule has 2 heterocycles. The molecule has 2 N–H and O–H groups in total. The predicted octanol–water partition coefficient (Wildman–Crippen LogP) is 2.23. The average molecular weight is 320 g/mol. The van der Waals surface area contributed by atoms with E-state index >= 15 is 0 Å². The van der Waals surface area contributed by atoms with Crippen molar-refractivity contribution in [1.29, 1.82) is 0 Å². The molecular formula is C12H15Cl2N3OS. The summed E-state index contributed by atoms with van der Waals surface area (Å²) in [5.74, 6) is 0.00833. The largest absolute Gasteiger partial charge is 0.348 e. The van der Waals surface area contributed by atoms with Gasteiger partial charge in [-0.3, -0.25) is 4.79 Å². The van der Waals surface area contributed by atoms with Crippen LogP contribution >= 0.6 is 36.2 Å². The van der Waals surface area contributed by atoms with E-state index in [1.165, 1.54) is 0 Å². The van der Waals surface area contributed by atoms with Crippen LogP contribution in [-0.2, 0) is 0 Å². The van der Waals surface area contributed by atoms with E-state index in [-0.39, 0.29) is 36.8 Å². The van der Waals surface area contributed by atoms with Crippen LogP contribution in [0.4, 0.5) is 0 Å². The molecule has 1 amide bonds. The maximum atomic E-state index is 12.0. The van der Waals surface area contributed by atoms with Crippen molar-refractivity contribution in [1.82, 2.24) is 15.6 Å². The second-order valence-corrected chi connectivity index (χ2v) is 5.08. The van der Waals surface area contributed by atoms with Gasteiger partial charge in [0.05, 0.1) is 15.7 Å². The Morgan fingerprint density at radius 2 is 2.26 bits per heavy atom. The Morgan fingerprint density at radius 1 is 1.42 bits per heavy atom. The second-order valence-electron chi connectivity index (χ2n) is 4.20. The van der Waals surface area contributed by atoms with Gasteiger partial charge in [0.2, 0.25) is 0 Å². The van der Waals surface area contributed by atoms with Crippen LogP contribution in [0.1, 0.15) is 16.8 Å². The van der Waals surface area contributed by atoms with E-state index in [0.717, 1.165) is 29.7 Å². The van der Waals surface area contributed by atoms with Crippen molar-refractivity contribution in [3.63, 3.8) is 0 Å². The zero-order valence-electron chi connectivity index (χ0n) is 10.1. The number of amides is 1. The van der Waals surface area contributed by atoms with Gasteiger partial charge >= 0.3 is 0 Å². The van der Waals surface area contributed by atoms with E-state index < -0.39 is 0 Å². The quantitative estimate of drug-likeness (QED) is 0.892. The summed E-state index contributed by atoms with van der Waals surface area (Å²) in [4.78, 5) is 16.2. The summed E-state index contributed by atoms with van der Waals surface area (Å²) in [5, 5.41) is 6.27. The van der Waals surface area contributed by atoms with E-state index in [2.05, 4.69) is 15.6 Å². The van der Waals surface area contributed by atoms with Gasteiger partial charge in [0.15, 0.2) is 0 Å². The molecule has 1 fully saturated rings. The minimum atomic E-state index is 0. The van der Waals surface area contributed by atoms with E-state index in [0.29, 0.717) is 5.56 Å². The number of nitrogens with zero attached hydrogens (tertiary/aromatic N) is 1. The van der Waals surface area contributed by atoms with Gasteiger partial charge in [-0.2, -0.15) is 0 Å². The number of aromatic nitrogens is 1. The monoisotopic (exact) mass is 319 g/mol. The molecule has 4 nitrogen and oxygen atoms in total. The number of rotatable bonds is 2. The topological polar surface area (TPSA) is 54.0 Å². The summed E-state index contributed by atoms with van der Waals surface area (Å²) < 4.78 is 1.06. The summed E-state index contributed by atoms with van der Waals surface area (Å²) in [6, 6.07) is 5.90. The number of thiazole rings is 1. The number of benzene rings is 1. The highest BCUT2D eigenvalue weighted by Gasteiger charge is 2.17. The first-order valence-electron chi connectivity index (χ1n) is 5.68. The maximum absolute atomic E-state index is 12.0. The van der Waals surface area contributed by atoms with Gasteiger partial charge in [0, 0.05) is 18.2 Å². The highest BCUT2D eigenvalue weighted by molar-refractivity contribution is 7.16. The van der Waals surface area contributed by atoms with Crippen LogP contribution in [0.3, 0.4) is 0 Å². The van der Waals surface area contributed by atoms with E-state index in [9.17, 15) is 4.79 Å². The molecule has 1 atom stereocenters. The molecule has 1 aromatic carbocycles. The van der Waals surface area contributed by atoms with Gasteiger partial charge in [-0.1, -0.05) is 0 Å². The predicted molar refractivity (Wildman–Crippen MR) is 82.9 cm³/mol. The molecule has 7 heteroatoms. The third-order valence-corrected chi connectivity index (χ3v) is 3.78. The summed E-state index contributed by atoms with van der Waals surface area (Å²) >= 11 is 1.56. The van der Waals surface area contributed by atoms with Crippen molar-refractivity contribution >= 4 is 52.3 Å². The van der Waals surface area contributed by atoms with E-state index in [4.69, 9.17) is 0 Å². The SMILES string of the molecule is Cl.Cl.O=C(NC1CCNC1)c1ccc2ncsc2c1. The molecule has 1 aromatic heterocycles. The lowest BCUT2D eigenvalue weighted by atomic mass is 10.2. The fraction of sp³-hybridized carbons (Fsp3) is 0.333. The standard InChI is InChI=1S/C12H13N3OS.2ClH/c16-12(15-9-3-4-13-6-9)8-1-2-10-11(5-8)17-7-14-10;;/h1-2,5,7,9,13H,3-4,6H2,(H,15,16);2*1H. The molecule has 1 unspecified atom stereocenters. The van der Waals surface area contributed by atoms with E-state index in [1.54, 1.807) is 16.8 Å². The van der Waals surface area contributed by atoms with Crippen LogP contribution in [0.2, 0.25) is 0 Å². The van der Waals surface area contributed by atoms with Crippen LogP contribution in [0.5, 0.6) is 0 Å². The number of carbonyl (C=O) groups is 1. The van der Waals surface area contributed by atoms with Crippen LogP contribution in [0.25, 0.3) is 10.2 Å². The first-order valence-corrected chi connectivity index (χ1v) is 6.56. The fourth-order valence-corrected chi connectivity index (χ4v) is 2.76. The van der Waals surface area contributed by atoms with Gasteiger partial charge in [-0.05, 0) is 31.2 Å². The van der Waals surface area contributed by atoms with Crippen molar-refractivity contribution in [2.45, 2.75) is 12.5 Å². The lowest BCUT2D eigenvalue weighted by molar-refractivity contribution is 0.0940. The van der Waals surface area contributed by atoms with Gasteiger partial charge in [-0.15, -0.1) is 36.2 Å². The Balaban J connectivity index is 0.000000902. The minimum absolute atomic E-state index is 0. The first kappa shape index (κ1) is 16.2. The first-order chi connectivity index (χ1) is 8.33. The molecule has 2 aromatic rings. The second kappa shape index (κ2) is 7.05. The van der Waals surface area contributed by atoms with Crippen molar-refractivity contribution in [2.24, 2.45) is 0 Å². The third kappa shape index (κ3) is 3.57. The summed E-state index contributed by atoms with van der Waals surface area (Å²) in [6.45, 7) is 1.85. The Labute approximate surface area is 127 Å². The van der Waals surface area contributed by atoms with Crippen molar-refractivity contribution in [2.75, 3.05) is 13.1 Å². The lowest BCUT2D eigenvalue weighted by Gasteiger charge is -2.11. The number of nitrogens with one attached hydrogen (secondary N) is 2. The molecule has 0 aliphatic carbocycles. The summed E-state index contributed by atoms with van der Waals surface area (Å²) in [6.07, 6.45) is 1.01. The van der Waals surface area contributed by atoms with Crippen molar-refractivity contribution in [3.8, 4) is 0 Å². The number of fused-ring (bicyclic) bond motifs is 1. The number of halogens is 2. The van der Waals surface area contributed by atoms with E-state index in [1.807, 2.05) is 18.2 Å². The van der Waals surface area contributed by atoms with Crippen LogP contribution in [-0.4, -0.2) is 30.0 Å². The molecule has 0 spiro atoms. The Morgan fingerprint density at radius 3 is 3.00 bits per heavy atom. The van der Waals surface area contributed by atoms with Crippen LogP contribution in [0, 0.1) is 0 Å². The third-order valence-electron chi connectivity index (χ3n) is 2.99. The molecule has 0 saturated carbocycles. The van der Waals surface area contributed by atoms with Crippen LogP contribution in [0.15, 0.2) is 23.7 Å². The minimum Gasteiger partial charge on any atom is -0.348 e. The normalized spacial score (nSPS) is 17.6. The fourth-order valence-electron chi connectivity index (χ4n) is 2.04. The molecule has 1 aliphatic heterocycles. The summed E-state index contributed by atoms with van der Waals surface area (Å²) in [7, 11) is 0. The maximum Gasteiger partial charge on any atom is 0.251 e. The van der Waals surface area contributed by atoms with Gasteiger partial charge < -0.3 is 10.6 Å². The molecule has 1 saturated heterocycles. The molecule has 3 rings (SSSR count). The molecule has 104 valence electrons. The van der Waals surface area contributed by atoms with Gasteiger partial charge in [0.1, 0.15) is 0 Å². The van der Waals surface area contributed by atoms with Crippen molar-refractivity contribution < 1.29 is 4.79 Å². The Bertz CT molecular complexity index is 555. The zero-order chi connectivity index (χ0) is 11.7. The highest BCUT2D eigenvalue weighted by atomic mass is 35.5.